The highest BCUT2D eigenvalue weighted by atomic mass is 16.7. The molecule has 0 unspecified atom stereocenters. The highest BCUT2D eigenvalue weighted by Gasteiger charge is 2.20. The summed E-state index contributed by atoms with van der Waals surface area (Å²) in [4.78, 5) is 14.8. The van der Waals surface area contributed by atoms with Crippen LogP contribution in [0.2, 0.25) is 0 Å². The van der Waals surface area contributed by atoms with Crippen LogP contribution in [0.25, 0.3) is 6.08 Å². The molecule has 0 atom stereocenters. The largest absolute Gasteiger partial charge is 0.495 e. The van der Waals surface area contributed by atoms with Crippen molar-refractivity contribution >= 4 is 17.5 Å². The average Bonchev–Trinajstić information content (AvgIpc) is 3.14. The molecule has 0 aromatic heterocycles. The Labute approximate surface area is 158 Å². The molecule has 6 nitrogen and oxygen atoms in total. The second kappa shape index (κ2) is 7.61. The third-order valence-corrected chi connectivity index (χ3v) is 4.34. The second-order valence-electron chi connectivity index (χ2n) is 6.39. The van der Waals surface area contributed by atoms with E-state index in [2.05, 4.69) is 0 Å². The Kier molecular flexibility index (Phi) is 5.26. The van der Waals surface area contributed by atoms with Crippen molar-refractivity contribution in [2.24, 2.45) is 0 Å². The fourth-order valence-electron chi connectivity index (χ4n) is 2.96. The summed E-state index contributed by atoms with van der Waals surface area (Å²) in [6.07, 6.45) is 1.81. The molecule has 1 aliphatic rings. The van der Waals surface area contributed by atoms with Crippen LogP contribution in [-0.2, 0) is 0 Å². The van der Waals surface area contributed by atoms with Gasteiger partial charge in [0.05, 0.1) is 19.9 Å². The lowest BCUT2D eigenvalue weighted by molar-refractivity contribution is 0.103. The number of methoxy groups -OCH3 is 2. The van der Waals surface area contributed by atoms with Gasteiger partial charge in [-0.3, -0.25) is 4.79 Å². The highest BCUT2D eigenvalue weighted by Crippen LogP contribution is 2.42. The third-order valence-electron chi connectivity index (χ3n) is 4.34. The number of nitrogens with zero attached hydrogens (tertiary/aromatic N) is 1. The maximum Gasteiger partial charge on any atom is 0.231 e. The van der Waals surface area contributed by atoms with E-state index < -0.39 is 0 Å². The van der Waals surface area contributed by atoms with E-state index in [4.69, 9.17) is 18.9 Å². The van der Waals surface area contributed by atoms with Crippen LogP contribution in [-0.4, -0.2) is 40.9 Å². The van der Waals surface area contributed by atoms with Gasteiger partial charge in [-0.25, -0.2) is 0 Å². The van der Waals surface area contributed by atoms with E-state index in [1.807, 2.05) is 43.3 Å². The number of anilines is 1. The van der Waals surface area contributed by atoms with Gasteiger partial charge in [0.25, 0.3) is 0 Å². The number of carbonyl (C=O) groups is 1. The van der Waals surface area contributed by atoms with E-state index in [-0.39, 0.29) is 12.6 Å². The Bertz CT molecular complexity index is 902. The minimum absolute atomic E-state index is 0.0580. The number of ether oxygens (including phenoxy) is 4. The Morgan fingerprint density at radius 3 is 2.48 bits per heavy atom. The van der Waals surface area contributed by atoms with Crippen LogP contribution in [0.15, 0.2) is 35.9 Å². The molecule has 0 fully saturated rings. The Morgan fingerprint density at radius 2 is 1.81 bits per heavy atom. The van der Waals surface area contributed by atoms with E-state index in [0.29, 0.717) is 28.4 Å². The van der Waals surface area contributed by atoms with Crippen LogP contribution >= 0.6 is 0 Å². The summed E-state index contributed by atoms with van der Waals surface area (Å²) >= 11 is 0. The molecule has 3 rings (SSSR count). The first kappa shape index (κ1) is 18.6. The lowest BCUT2D eigenvalue weighted by Crippen LogP contribution is -2.11. The summed E-state index contributed by atoms with van der Waals surface area (Å²) in [5, 5.41) is 0. The lowest BCUT2D eigenvalue weighted by Gasteiger charge is -2.17. The predicted molar refractivity (Wildman–Crippen MR) is 104 cm³/mol. The lowest BCUT2D eigenvalue weighted by atomic mass is 10.0. The van der Waals surface area contributed by atoms with Gasteiger partial charge < -0.3 is 23.8 Å². The van der Waals surface area contributed by atoms with Crippen LogP contribution < -0.4 is 23.8 Å². The number of carbonyl (C=O) groups excluding carboxylic acids is 1. The molecule has 0 aliphatic carbocycles. The Balaban J connectivity index is 1.93. The summed E-state index contributed by atoms with van der Waals surface area (Å²) in [5.74, 6) is 2.44. The molecular formula is C21H23NO5. The van der Waals surface area contributed by atoms with Crippen LogP contribution in [0.4, 0.5) is 5.69 Å². The SMILES string of the molecule is COc1ccc(C(=O)C(C)=Cc2cc(OC)c3c(c2)OCO3)cc1N(C)C. The van der Waals surface area contributed by atoms with Crippen LogP contribution in [0.5, 0.6) is 23.0 Å². The molecular weight excluding hydrogens is 346 g/mol. The molecule has 2 aromatic rings. The van der Waals surface area contributed by atoms with Crippen molar-refractivity contribution in [3.8, 4) is 23.0 Å². The molecule has 0 N–H and O–H groups in total. The standard InChI is InChI=1S/C21H23NO5/c1-13(8-14-9-18(25-5)21-19(10-14)26-12-27-21)20(23)15-6-7-17(24-4)16(11-15)22(2)3/h6-11H,12H2,1-5H3. The smallest absolute Gasteiger partial charge is 0.231 e. The van der Waals surface area contributed by atoms with Crippen molar-refractivity contribution in [3.63, 3.8) is 0 Å². The number of hydrogen-bond donors (Lipinski definition) is 0. The van der Waals surface area contributed by atoms with Crippen LogP contribution in [0.3, 0.4) is 0 Å². The summed E-state index contributed by atoms with van der Waals surface area (Å²) in [6, 6.07) is 9.06. The van der Waals surface area contributed by atoms with E-state index in [0.717, 1.165) is 17.0 Å². The number of benzene rings is 2. The van der Waals surface area contributed by atoms with Crippen molar-refractivity contribution < 1.29 is 23.7 Å². The average molecular weight is 369 g/mol. The number of fused-ring (bicyclic) bond motifs is 1. The van der Waals surface area contributed by atoms with Crippen molar-refractivity contribution in [1.82, 2.24) is 0 Å². The second-order valence-corrected chi connectivity index (χ2v) is 6.39. The summed E-state index contributed by atoms with van der Waals surface area (Å²) in [7, 11) is 7.01. The zero-order valence-corrected chi connectivity index (χ0v) is 16.2. The maximum absolute atomic E-state index is 12.9. The highest BCUT2D eigenvalue weighted by molar-refractivity contribution is 6.11. The predicted octanol–water partition coefficient (Wildman–Crippen LogP) is 3.78. The molecule has 0 radical (unpaired) electrons. The first-order valence-corrected chi connectivity index (χ1v) is 8.50. The van der Waals surface area contributed by atoms with E-state index >= 15 is 0 Å². The van der Waals surface area contributed by atoms with E-state index in [1.54, 1.807) is 33.3 Å². The first-order chi connectivity index (χ1) is 12.9. The van der Waals surface area contributed by atoms with Gasteiger partial charge in [-0.1, -0.05) is 0 Å². The van der Waals surface area contributed by atoms with Gasteiger partial charge >= 0.3 is 0 Å². The fourth-order valence-corrected chi connectivity index (χ4v) is 2.96. The first-order valence-electron chi connectivity index (χ1n) is 8.50. The van der Waals surface area contributed by atoms with Gasteiger partial charge in [-0.05, 0) is 54.5 Å². The Morgan fingerprint density at radius 1 is 1.07 bits per heavy atom. The zero-order valence-electron chi connectivity index (χ0n) is 16.2. The molecule has 1 aliphatic heterocycles. The Hall–Kier alpha value is -3.15. The van der Waals surface area contributed by atoms with Crippen molar-refractivity contribution in [3.05, 3.63) is 47.0 Å². The number of allylic oxidation sites excluding steroid dienone is 1. The zero-order chi connectivity index (χ0) is 19.6. The molecule has 0 amide bonds. The quantitative estimate of drug-likeness (QED) is 0.570. The molecule has 27 heavy (non-hydrogen) atoms. The van der Waals surface area contributed by atoms with Gasteiger partial charge in [0, 0.05) is 19.7 Å². The molecule has 1 heterocycles. The number of ketones is 1. The third kappa shape index (κ3) is 3.69. The molecule has 142 valence electrons. The number of hydrogen-bond acceptors (Lipinski definition) is 6. The topological polar surface area (TPSA) is 57.2 Å². The number of Topliss-reactive ketones (excluding diaryl/α,β-unsaturated/α-hetero) is 1. The molecule has 0 saturated heterocycles. The molecule has 0 spiro atoms. The normalized spacial score (nSPS) is 12.7. The van der Waals surface area contributed by atoms with E-state index in [9.17, 15) is 4.79 Å². The number of rotatable bonds is 6. The molecule has 6 heteroatoms. The summed E-state index contributed by atoms with van der Waals surface area (Å²) in [5.41, 5.74) is 2.86. The van der Waals surface area contributed by atoms with Crippen molar-refractivity contribution in [1.29, 1.82) is 0 Å². The molecule has 0 saturated carbocycles. The summed E-state index contributed by atoms with van der Waals surface area (Å²) < 4.78 is 21.6. The van der Waals surface area contributed by atoms with Gasteiger partial charge in [-0.15, -0.1) is 0 Å². The van der Waals surface area contributed by atoms with Crippen molar-refractivity contribution in [2.75, 3.05) is 40.0 Å². The summed E-state index contributed by atoms with van der Waals surface area (Å²) in [6.45, 7) is 1.95. The molecule has 2 aromatic carbocycles. The maximum atomic E-state index is 12.9. The van der Waals surface area contributed by atoms with E-state index in [1.165, 1.54) is 0 Å². The van der Waals surface area contributed by atoms with Crippen molar-refractivity contribution in [2.45, 2.75) is 6.92 Å². The minimum Gasteiger partial charge on any atom is -0.495 e. The monoisotopic (exact) mass is 369 g/mol. The van der Waals surface area contributed by atoms with Crippen LogP contribution in [0, 0.1) is 0 Å². The van der Waals surface area contributed by atoms with Gasteiger partial charge in [0.15, 0.2) is 17.3 Å². The van der Waals surface area contributed by atoms with Gasteiger partial charge in [0.1, 0.15) is 5.75 Å². The fraction of sp³-hybridized carbons (Fsp3) is 0.286. The van der Waals surface area contributed by atoms with Gasteiger partial charge in [0.2, 0.25) is 12.5 Å². The van der Waals surface area contributed by atoms with Crippen LogP contribution in [0.1, 0.15) is 22.8 Å². The minimum atomic E-state index is -0.0580. The molecule has 0 bridgehead atoms. The van der Waals surface area contributed by atoms with Gasteiger partial charge in [-0.2, -0.15) is 0 Å².